The summed E-state index contributed by atoms with van der Waals surface area (Å²) in [7, 11) is -2.77. The number of aliphatic hydroxyl groups excluding tert-OH is 1. The molecule has 0 bridgehead atoms. The zero-order valence-electron chi connectivity index (χ0n) is 7.65. The van der Waals surface area contributed by atoms with E-state index in [0.717, 1.165) is 12.8 Å². The molecular weight excluding hydrogens is 188 g/mol. The third-order valence-corrected chi connectivity index (χ3v) is 5.17. The van der Waals surface area contributed by atoms with Gasteiger partial charge in [-0.2, -0.15) is 0 Å². The molecule has 0 amide bonds. The molecular formula is C9H16O3S. The average molecular weight is 204 g/mol. The minimum atomic E-state index is -2.77. The molecule has 0 aromatic heterocycles. The van der Waals surface area contributed by atoms with Crippen molar-refractivity contribution in [3.8, 4) is 0 Å². The first kappa shape index (κ1) is 9.46. The summed E-state index contributed by atoms with van der Waals surface area (Å²) in [5.41, 5.74) is 0. The van der Waals surface area contributed by atoms with Crippen molar-refractivity contribution in [1.82, 2.24) is 0 Å². The Bertz CT molecular complexity index is 265. The molecule has 2 rings (SSSR count). The van der Waals surface area contributed by atoms with E-state index in [1.807, 2.05) is 0 Å². The Labute approximate surface area is 79.1 Å². The molecule has 1 atom stereocenters. The Hall–Kier alpha value is -0.0900. The molecule has 0 radical (unpaired) electrons. The number of rotatable bonds is 2. The highest BCUT2D eigenvalue weighted by molar-refractivity contribution is 7.92. The van der Waals surface area contributed by atoms with Crippen LogP contribution in [-0.4, -0.2) is 31.1 Å². The van der Waals surface area contributed by atoms with Gasteiger partial charge in [0.25, 0.3) is 0 Å². The molecule has 1 heterocycles. The van der Waals surface area contributed by atoms with Crippen LogP contribution >= 0.6 is 0 Å². The lowest BCUT2D eigenvalue weighted by molar-refractivity contribution is 0.0640. The fourth-order valence-electron chi connectivity index (χ4n) is 2.48. The highest BCUT2D eigenvalue weighted by atomic mass is 32.2. The largest absolute Gasteiger partial charge is 0.392 e. The molecule has 13 heavy (non-hydrogen) atoms. The van der Waals surface area contributed by atoms with Crippen molar-refractivity contribution in [2.24, 2.45) is 11.8 Å². The fourth-order valence-corrected chi connectivity index (χ4v) is 4.09. The van der Waals surface area contributed by atoms with Gasteiger partial charge in [0.2, 0.25) is 0 Å². The molecule has 2 aliphatic rings. The van der Waals surface area contributed by atoms with Crippen LogP contribution in [0.15, 0.2) is 0 Å². The van der Waals surface area contributed by atoms with E-state index in [4.69, 9.17) is 0 Å². The quantitative estimate of drug-likeness (QED) is 0.716. The molecule has 1 aliphatic carbocycles. The maximum absolute atomic E-state index is 10.9. The van der Waals surface area contributed by atoms with E-state index < -0.39 is 9.84 Å². The second-order valence-corrected chi connectivity index (χ2v) is 6.53. The minimum absolute atomic E-state index is 0.0353. The Morgan fingerprint density at radius 3 is 2.08 bits per heavy atom. The second-order valence-electron chi connectivity index (χ2n) is 4.37. The van der Waals surface area contributed by atoms with Crippen molar-refractivity contribution in [3.63, 3.8) is 0 Å². The summed E-state index contributed by atoms with van der Waals surface area (Å²) < 4.78 is 21.8. The van der Waals surface area contributed by atoms with E-state index >= 15 is 0 Å². The Balaban J connectivity index is 1.88. The molecule has 4 heteroatoms. The summed E-state index contributed by atoms with van der Waals surface area (Å²) in [5, 5.41) is 9.84. The average Bonchev–Trinajstić information content (AvgIpc) is 2.50. The van der Waals surface area contributed by atoms with Crippen LogP contribution in [0.5, 0.6) is 0 Å². The fraction of sp³-hybridized carbons (Fsp3) is 1.00. The summed E-state index contributed by atoms with van der Waals surface area (Å²) >= 11 is 0. The molecule has 0 aromatic carbocycles. The normalized spacial score (nSPS) is 31.5. The first-order chi connectivity index (χ1) is 6.08. The second kappa shape index (κ2) is 3.24. The van der Waals surface area contributed by atoms with Crippen LogP contribution in [0, 0.1) is 11.8 Å². The van der Waals surface area contributed by atoms with Crippen molar-refractivity contribution in [2.75, 3.05) is 11.5 Å². The molecule has 1 aliphatic heterocycles. The predicted octanol–water partition coefficient (Wildman–Crippen LogP) is 0.582. The third-order valence-electron chi connectivity index (χ3n) is 3.30. The summed E-state index contributed by atoms with van der Waals surface area (Å²) in [6.45, 7) is 0. The van der Waals surface area contributed by atoms with E-state index in [0.29, 0.717) is 5.92 Å². The lowest BCUT2D eigenvalue weighted by atomic mass is 9.91. The first-order valence-electron chi connectivity index (χ1n) is 4.97. The molecule has 1 N–H and O–H groups in total. The van der Waals surface area contributed by atoms with Crippen molar-refractivity contribution < 1.29 is 13.5 Å². The third kappa shape index (κ3) is 1.89. The minimum Gasteiger partial charge on any atom is -0.392 e. The van der Waals surface area contributed by atoms with Gasteiger partial charge in [-0.05, 0) is 18.8 Å². The maximum atomic E-state index is 10.9. The highest BCUT2D eigenvalue weighted by Crippen LogP contribution is 2.34. The van der Waals surface area contributed by atoms with Gasteiger partial charge in [-0.25, -0.2) is 8.42 Å². The molecule has 76 valence electrons. The molecule has 0 aromatic rings. The van der Waals surface area contributed by atoms with Crippen molar-refractivity contribution in [3.05, 3.63) is 0 Å². The smallest absolute Gasteiger partial charge is 0.151 e. The van der Waals surface area contributed by atoms with Crippen LogP contribution in [0.3, 0.4) is 0 Å². The van der Waals surface area contributed by atoms with Gasteiger partial charge in [-0.3, -0.25) is 0 Å². The van der Waals surface area contributed by atoms with Gasteiger partial charge in [0, 0.05) is 5.92 Å². The Morgan fingerprint density at radius 2 is 1.62 bits per heavy atom. The van der Waals surface area contributed by atoms with Crippen LogP contribution in [0.4, 0.5) is 0 Å². The summed E-state index contributed by atoms with van der Waals surface area (Å²) in [6.07, 6.45) is 4.20. The zero-order chi connectivity index (χ0) is 9.47. The zero-order valence-corrected chi connectivity index (χ0v) is 8.46. The Kier molecular flexibility index (Phi) is 2.36. The first-order valence-corrected chi connectivity index (χ1v) is 6.79. The monoisotopic (exact) mass is 204 g/mol. The number of hydrogen-bond acceptors (Lipinski definition) is 3. The van der Waals surface area contributed by atoms with Crippen molar-refractivity contribution in [2.45, 2.75) is 31.8 Å². The number of hydrogen-bond donors (Lipinski definition) is 1. The van der Waals surface area contributed by atoms with Crippen LogP contribution in [-0.2, 0) is 9.84 Å². The van der Waals surface area contributed by atoms with Gasteiger partial charge in [-0.15, -0.1) is 0 Å². The van der Waals surface area contributed by atoms with E-state index in [1.54, 1.807) is 0 Å². The van der Waals surface area contributed by atoms with Crippen molar-refractivity contribution in [1.29, 1.82) is 0 Å². The van der Waals surface area contributed by atoms with E-state index in [9.17, 15) is 13.5 Å². The number of aliphatic hydroxyl groups is 1. The maximum Gasteiger partial charge on any atom is 0.151 e. The predicted molar refractivity (Wildman–Crippen MR) is 50.1 cm³/mol. The molecule has 3 nitrogen and oxygen atoms in total. The molecule has 1 unspecified atom stereocenters. The van der Waals surface area contributed by atoms with Crippen LogP contribution in [0.1, 0.15) is 25.7 Å². The SMILES string of the molecule is O=S1(=O)CC(C(O)C2CCCC2)C1. The lowest BCUT2D eigenvalue weighted by Gasteiger charge is -2.33. The Morgan fingerprint density at radius 1 is 1.08 bits per heavy atom. The van der Waals surface area contributed by atoms with Crippen LogP contribution in [0.2, 0.25) is 0 Å². The van der Waals surface area contributed by atoms with Gasteiger partial charge >= 0.3 is 0 Å². The van der Waals surface area contributed by atoms with Gasteiger partial charge in [0.1, 0.15) is 0 Å². The molecule has 1 saturated heterocycles. The van der Waals surface area contributed by atoms with Gasteiger partial charge in [-0.1, -0.05) is 12.8 Å². The van der Waals surface area contributed by atoms with E-state index in [1.165, 1.54) is 12.8 Å². The van der Waals surface area contributed by atoms with Gasteiger partial charge < -0.3 is 5.11 Å². The highest BCUT2D eigenvalue weighted by Gasteiger charge is 2.41. The summed E-state index contributed by atoms with van der Waals surface area (Å²) in [6, 6.07) is 0. The van der Waals surface area contributed by atoms with Crippen LogP contribution in [0.25, 0.3) is 0 Å². The van der Waals surface area contributed by atoms with Gasteiger partial charge in [0.05, 0.1) is 17.6 Å². The van der Waals surface area contributed by atoms with E-state index in [-0.39, 0.29) is 23.5 Å². The van der Waals surface area contributed by atoms with Crippen LogP contribution < -0.4 is 0 Å². The summed E-state index contributed by atoms with van der Waals surface area (Å²) in [5.74, 6) is 0.837. The number of sulfone groups is 1. The van der Waals surface area contributed by atoms with Gasteiger partial charge in [0.15, 0.2) is 9.84 Å². The topological polar surface area (TPSA) is 54.4 Å². The standard InChI is InChI=1S/C9H16O3S/c10-9(7-3-1-2-4-7)8-5-13(11,12)6-8/h7-10H,1-6H2. The molecule has 1 saturated carbocycles. The molecule has 2 fully saturated rings. The molecule has 0 spiro atoms. The summed E-state index contributed by atoms with van der Waals surface area (Å²) in [4.78, 5) is 0. The van der Waals surface area contributed by atoms with E-state index in [2.05, 4.69) is 0 Å². The lowest BCUT2D eigenvalue weighted by Crippen LogP contribution is -2.46. The van der Waals surface area contributed by atoms with Crippen molar-refractivity contribution >= 4 is 9.84 Å².